The Kier molecular flexibility index (Phi) is 4.42. The van der Waals surface area contributed by atoms with Crippen LogP contribution in [0.4, 0.5) is 0 Å². The van der Waals surface area contributed by atoms with Crippen molar-refractivity contribution in [2.75, 3.05) is 7.11 Å². The number of carboxylic acids is 1. The van der Waals surface area contributed by atoms with Gasteiger partial charge in [0.05, 0.1) is 17.9 Å². The van der Waals surface area contributed by atoms with Gasteiger partial charge in [0.2, 0.25) is 0 Å². The van der Waals surface area contributed by atoms with Gasteiger partial charge in [-0.05, 0) is 19.3 Å². The van der Waals surface area contributed by atoms with Crippen molar-refractivity contribution in [3.63, 3.8) is 0 Å². The van der Waals surface area contributed by atoms with Crippen LogP contribution in [0.1, 0.15) is 35.4 Å². The first-order valence-electron chi connectivity index (χ1n) is 6.26. The molecule has 5 nitrogen and oxygen atoms in total. The van der Waals surface area contributed by atoms with Gasteiger partial charge in [0, 0.05) is 17.5 Å². The van der Waals surface area contributed by atoms with E-state index in [1.54, 1.807) is 18.6 Å². The highest BCUT2D eigenvalue weighted by molar-refractivity contribution is 7.12. The van der Waals surface area contributed by atoms with Crippen LogP contribution in [-0.4, -0.2) is 30.1 Å². The lowest BCUT2D eigenvalue weighted by Gasteiger charge is -2.27. The fourth-order valence-corrected chi connectivity index (χ4v) is 3.10. The summed E-state index contributed by atoms with van der Waals surface area (Å²) in [5, 5.41) is 13.7. The molecular weight excluding hydrogens is 266 g/mol. The molecule has 1 aliphatic carbocycles. The number of carbonyl (C=O) groups excluding carboxylic acids is 1. The minimum atomic E-state index is -0.767. The average molecular weight is 283 g/mol. The lowest BCUT2D eigenvalue weighted by atomic mass is 9.86. The second kappa shape index (κ2) is 6.06. The maximum absolute atomic E-state index is 12.0. The molecular formula is C13H17NO4S. The van der Waals surface area contributed by atoms with Gasteiger partial charge in [0.15, 0.2) is 0 Å². The fraction of sp³-hybridized carbons (Fsp3) is 0.538. The van der Waals surface area contributed by atoms with Crippen molar-refractivity contribution in [1.29, 1.82) is 0 Å². The van der Waals surface area contributed by atoms with Crippen molar-refractivity contribution in [2.24, 2.45) is 5.92 Å². The van der Waals surface area contributed by atoms with Gasteiger partial charge in [0.25, 0.3) is 5.91 Å². The Morgan fingerprint density at radius 1 is 1.47 bits per heavy atom. The molecule has 0 aliphatic heterocycles. The summed E-state index contributed by atoms with van der Waals surface area (Å²) in [4.78, 5) is 23.6. The number of carbonyl (C=O) groups is 2. The van der Waals surface area contributed by atoms with E-state index in [0.717, 1.165) is 12.8 Å². The molecule has 0 bridgehead atoms. The first kappa shape index (κ1) is 13.9. The van der Waals surface area contributed by atoms with E-state index in [1.807, 2.05) is 0 Å². The van der Waals surface area contributed by atoms with Gasteiger partial charge < -0.3 is 15.2 Å². The van der Waals surface area contributed by atoms with Gasteiger partial charge in [-0.15, -0.1) is 11.3 Å². The van der Waals surface area contributed by atoms with Crippen LogP contribution in [0.15, 0.2) is 11.4 Å². The van der Waals surface area contributed by atoms with Crippen LogP contribution >= 0.6 is 11.3 Å². The van der Waals surface area contributed by atoms with E-state index < -0.39 is 5.97 Å². The molecule has 2 rings (SSSR count). The number of amides is 1. The standard InChI is InChI=1S/C13H17NO4S/c1-18-10-6-11(19-7-10)12(15)14-9-4-2-3-8(5-9)13(16)17/h6-9H,2-5H2,1H3,(H,14,15)(H,16,17). The second-order valence-electron chi connectivity index (χ2n) is 4.72. The molecule has 1 aromatic rings. The number of hydrogen-bond acceptors (Lipinski definition) is 4. The van der Waals surface area contributed by atoms with Gasteiger partial charge in [-0.2, -0.15) is 0 Å². The number of carboxylic acid groups (broad SMARTS) is 1. The lowest BCUT2D eigenvalue weighted by Crippen LogP contribution is -2.39. The first-order chi connectivity index (χ1) is 9.10. The Hall–Kier alpha value is -1.56. The monoisotopic (exact) mass is 283 g/mol. The summed E-state index contributed by atoms with van der Waals surface area (Å²) in [5.41, 5.74) is 0. The van der Waals surface area contributed by atoms with Gasteiger partial charge in [-0.25, -0.2) is 0 Å². The molecule has 1 aromatic heterocycles. The smallest absolute Gasteiger partial charge is 0.306 e. The molecule has 104 valence electrons. The highest BCUT2D eigenvalue weighted by Crippen LogP contribution is 2.26. The first-order valence-corrected chi connectivity index (χ1v) is 7.14. The predicted octanol–water partition coefficient (Wildman–Crippen LogP) is 2.13. The van der Waals surface area contributed by atoms with Gasteiger partial charge in [-0.1, -0.05) is 6.42 Å². The van der Waals surface area contributed by atoms with Gasteiger partial charge in [0.1, 0.15) is 5.75 Å². The molecule has 1 amide bonds. The quantitative estimate of drug-likeness (QED) is 0.887. The zero-order valence-electron chi connectivity index (χ0n) is 10.7. The SMILES string of the molecule is COc1csc(C(=O)NC2CCCC(C(=O)O)C2)c1. The Bertz CT molecular complexity index is 471. The molecule has 2 unspecified atom stereocenters. The molecule has 0 saturated heterocycles. The van der Waals surface area contributed by atoms with Crippen LogP contribution in [0.2, 0.25) is 0 Å². The largest absolute Gasteiger partial charge is 0.496 e. The van der Waals surface area contributed by atoms with E-state index >= 15 is 0 Å². The number of ether oxygens (including phenoxy) is 1. The molecule has 1 saturated carbocycles. The zero-order chi connectivity index (χ0) is 13.8. The lowest BCUT2D eigenvalue weighted by molar-refractivity contribution is -0.143. The highest BCUT2D eigenvalue weighted by atomic mass is 32.1. The number of thiophene rings is 1. The molecule has 6 heteroatoms. The summed E-state index contributed by atoms with van der Waals surface area (Å²) in [6.45, 7) is 0. The van der Waals surface area contributed by atoms with Crippen molar-refractivity contribution in [1.82, 2.24) is 5.32 Å². The van der Waals surface area contributed by atoms with Crippen LogP contribution < -0.4 is 10.1 Å². The molecule has 1 heterocycles. The number of rotatable bonds is 4. The third-order valence-electron chi connectivity index (χ3n) is 3.39. The molecule has 0 spiro atoms. The predicted molar refractivity (Wildman–Crippen MR) is 71.7 cm³/mol. The van der Waals surface area contributed by atoms with E-state index in [0.29, 0.717) is 23.5 Å². The summed E-state index contributed by atoms with van der Waals surface area (Å²) in [5.74, 6) is -0.583. The molecule has 1 aliphatic rings. The topological polar surface area (TPSA) is 75.6 Å². The normalized spacial score (nSPS) is 22.8. The number of nitrogens with one attached hydrogen (secondary N) is 1. The summed E-state index contributed by atoms with van der Waals surface area (Å²) in [7, 11) is 1.56. The number of methoxy groups -OCH3 is 1. The number of hydrogen-bond donors (Lipinski definition) is 2. The fourth-order valence-electron chi connectivity index (χ4n) is 2.35. The molecule has 2 N–H and O–H groups in total. The Morgan fingerprint density at radius 3 is 2.89 bits per heavy atom. The van der Waals surface area contributed by atoms with E-state index in [-0.39, 0.29) is 17.9 Å². The molecule has 1 fully saturated rings. The number of aliphatic carboxylic acids is 1. The minimum Gasteiger partial charge on any atom is -0.496 e. The van der Waals surface area contributed by atoms with Crippen molar-refractivity contribution in [3.05, 3.63) is 16.3 Å². The van der Waals surface area contributed by atoms with Crippen LogP contribution in [-0.2, 0) is 4.79 Å². The third kappa shape index (κ3) is 3.47. The summed E-state index contributed by atoms with van der Waals surface area (Å²) >= 11 is 1.32. The van der Waals surface area contributed by atoms with Crippen LogP contribution in [0, 0.1) is 5.92 Å². The zero-order valence-corrected chi connectivity index (χ0v) is 11.5. The summed E-state index contributed by atoms with van der Waals surface area (Å²) < 4.78 is 5.04. The Labute approximate surface area is 115 Å². The van der Waals surface area contributed by atoms with Gasteiger partial charge in [-0.3, -0.25) is 9.59 Å². The van der Waals surface area contributed by atoms with Gasteiger partial charge >= 0.3 is 5.97 Å². The molecule has 19 heavy (non-hydrogen) atoms. The molecule has 2 atom stereocenters. The summed E-state index contributed by atoms with van der Waals surface area (Å²) in [6.07, 6.45) is 2.91. The van der Waals surface area contributed by atoms with Crippen LogP contribution in [0.3, 0.4) is 0 Å². The van der Waals surface area contributed by atoms with Crippen molar-refractivity contribution in [3.8, 4) is 5.75 Å². The van der Waals surface area contributed by atoms with Crippen LogP contribution in [0.5, 0.6) is 5.75 Å². The van der Waals surface area contributed by atoms with Crippen molar-refractivity contribution < 1.29 is 19.4 Å². The second-order valence-corrected chi connectivity index (χ2v) is 5.63. The minimum absolute atomic E-state index is 0.0459. The van der Waals surface area contributed by atoms with E-state index in [2.05, 4.69) is 5.32 Å². The van der Waals surface area contributed by atoms with E-state index in [4.69, 9.17) is 9.84 Å². The van der Waals surface area contributed by atoms with Crippen molar-refractivity contribution in [2.45, 2.75) is 31.7 Å². The summed E-state index contributed by atoms with van der Waals surface area (Å²) in [6, 6.07) is 1.65. The van der Waals surface area contributed by atoms with E-state index in [9.17, 15) is 9.59 Å². The van der Waals surface area contributed by atoms with Crippen LogP contribution in [0.25, 0.3) is 0 Å². The maximum Gasteiger partial charge on any atom is 0.306 e. The average Bonchev–Trinajstić information content (AvgIpc) is 2.88. The third-order valence-corrected chi connectivity index (χ3v) is 4.30. The molecule has 0 radical (unpaired) electrons. The Balaban J connectivity index is 1.93. The van der Waals surface area contributed by atoms with E-state index in [1.165, 1.54) is 11.3 Å². The highest BCUT2D eigenvalue weighted by Gasteiger charge is 2.28. The Morgan fingerprint density at radius 2 is 2.26 bits per heavy atom. The van der Waals surface area contributed by atoms with Crippen molar-refractivity contribution >= 4 is 23.2 Å². The maximum atomic E-state index is 12.0. The molecule has 0 aromatic carbocycles.